The first-order valence-corrected chi connectivity index (χ1v) is 8.25. The second-order valence-corrected chi connectivity index (χ2v) is 6.53. The zero-order chi connectivity index (χ0) is 13.7. The lowest BCUT2D eigenvalue weighted by Gasteiger charge is -2.33. The van der Waals surface area contributed by atoms with E-state index in [-0.39, 0.29) is 5.92 Å². The Morgan fingerprint density at radius 3 is 2.42 bits per heavy atom. The van der Waals surface area contributed by atoms with Crippen molar-refractivity contribution in [2.75, 3.05) is 13.1 Å². The van der Waals surface area contributed by atoms with Gasteiger partial charge in [0.1, 0.15) is 0 Å². The van der Waals surface area contributed by atoms with Crippen LogP contribution in [0.15, 0.2) is 0 Å². The van der Waals surface area contributed by atoms with E-state index in [1.807, 2.05) is 0 Å². The van der Waals surface area contributed by atoms with Crippen LogP contribution in [-0.4, -0.2) is 29.9 Å². The van der Waals surface area contributed by atoms with Crippen molar-refractivity contribution in [2.45, 2.75) is 70.8 Å². The molecule has 2 fully saturated rings. The fraction of sp³-hybridized carbons (Fsp3) is 0.938. The number of hydrogen-bond acceptors (Lipinski definition) is 2. The minimum absolute atomic E-state index is 0.280. The van der Waals surface area contributed by atoms with Crippen LogP contribution in [-0.2, 0) is 4.79 Å². The summed E-state index contributed by atoms with van der Waals surface area (Å²) in [6.07, 6.45) is 10.7. The number of carbonyl (C=O) groups is 1. The maximum absolute atomic E-state index is 12.7. The van der Waals surface area contributed by atoms with Gasteiger partial charge in [-0.15, -0.1) is 0 Å². The molecule has 1 unspecified atom stereocenters. The smallest absolute Gasteiger partial charge is 0.225 e. The van der Waals surface area contributed by atoms with Gasteiger partial charge in [0.15, 0.2) is 0 Å². The Morgan fingerprint density at radius 1 is 1.21 bits per heavy atom. The van der Waals surface area contributed by atoms with Gasteiger partial charge in [0.2, 0.25) is 5.91 Å². The van der Waals surface area contributed by atoms with Crippen LogP contribution >= 0.6 is 0 Å². The lowest BCUT2D eigenvalue weighted by atomic mass is 9.88. The van der Waals surface area contributed by atoms with Crippen molar-refractivity contribution in [3.63, 3.8) is 0 Å². The molecule has 2 aliphatic rings. The molecule has 1 heterocycles. The van der Waals surface area contributed by atoms with Gasteiger partial charge in [0, 0.05) is 25.0 Å². The summed E-state index contributed by atoms with van der Waals surface area (Å²) in [6, 6.07) is 0.309. The van der Waals surface area contributed by atoms with Gasteiger partial charge in [-0.3, -0.25) is 4.79 Å². The molecular formula is C16H30N2O. The zero-order valence-corrected chi connectivity index (χ0v) is 12.4. The highest BCUT2D eigenvalue weighted by molar-refractivity contribution is 5.79. The topological polar surface area (TPSA) is 46.3 Å². The van der Waals surface area contributed by atoms with Gasteiger partial charge in [-0.05, 0) is 31.6 Å². The Bertz CT molecular complexity index is 278. The van der Waals surface area contributed by atoms with E-state index in [9.17, 15) is 4.79 Å². The molecule has 1 amide bonds. The van der Waals surface area contributed by atoms with Crippen molar-refractivity contribution in [3.8, 4) is 0 Å². The fourth-order valence-corrected chi connectivity index (χ4v) is 3.72. The highest BCUT2D eigenvalue weighted by atomic mass is 16.2. The van der Waals surface area contributed by atoms with Gasteiger partial charge >= 0.3 is 0 Å². The highest BCUT2D eigenvalue weighted by Crippen LogP contribution is 2.32. The lowest BCUT2D eigenvalue weighted by molar-refractivity contribution is -0.137. The molecule has 3 heteroatoms. The number of carbonyl (C=O) groups excluding carboxylic acids is 1. The SMILES string of the molecule is CCCC(CC1CCCC1)C(=O)N1CCC(N)CC1. The van der Waals surface area contributed by atoms with E-state index in [1.54, 1.807) is 0 Å². The molecule has 2 rings (SSSR count). The summed E-state index contributed by atoms with van der Waals surface area (Å²) in [5.41, 5.74) is 5.93. The summed E-state index contributed by atoms with van der Waals surface area (Å²) in [4.78, 5) is 14.7. The standard InChI is InChI=1S/C16H30N2O/c1-2-5-14(12-13-6-3-4-7-13)16(19)18-10-8-15(17)9-11-18/h13-15H,2-12,17H2,1H3. The van der Waals surface area contributed by atoms with Crippen LogP contribution in [0.3, 0.4) is 0 Å². The number of rotatable bonds is 5. The molecule has 0 radical (unpaired) electrons. The molecule has 0 bridgehead atoms. The number of nitrogens with two attached hydrogens (primary N) is 1. The van der Waals surface area contributed by atoms with Crippen LogP contribution in [0.4, 0.5) is 0 Å². The molecule has 1 atom stereocenters. The highest BCUT2D eigenvalue weighted by Gasteiger charge is 2.29. The monoisotopic (exact) mass is 266 g/mol. The van der Waals surface area contributed by atoms with Crippen molar-refractivity contribution in [3.05, 3.63) is 0 Å². The Balaban J connectivity index is 1.87. The quantitative estimate of drug-likeness (QED) is 0.831. The largest absolute Gasteiger partial charge is 0.342 e. The van der Waals surface area contributed by atoms with Crippen molar-refractivity contribution >= 4 is 5.91 Å². The average molecular weight is 266 g/mol. The van der Waals surface area contributed by atoms with E-state index in [0.717, 1.165) is 51.1 Å². The number of piperidine rings is 1. The number of nitrogens with zero attached hydrogens (tertiary/aromatic N) is 1. The van der Waals surface area contributed by atoms with E-state index >= 15 is 0 Å². The molecular weight excluding hydrogens is 236 g/mol. The number of amides is 1. The van der Waals surface area contributed by atoms with Crippen molar-refractivity contribution in [1.29, 1.82) is 0 Å². The molecule has 0 spiro atoms. The zero-order valence-electron chi connectivity index (χ0n) is 12.4. The summed E-state index contributed by atoms with van der Waals surface area (Å²) in [6.45, 7) is 3.96. The third-order valence-corrected chi connectivity index (χ3v) is 4.93. The molecule has 0 aromatic rings. The Kier molecular flexibility index (Phi) is 5.68. The Hall–Kier alpha value is -0.570. The lowest BCUT2D eigenvalue weighted by Crippen LogP contribution is -2.45. The van der Waals surface area contributed by atoms with Gasteiger partial charge in [-0.2, -0.15) is 0 Å². The van der Waals surface area contributed by atoms with Crippen LogP contribution in [0.5, 0.6) is 0 Å². The maximum atomic E-state index is 12.7. The minimum atomic E-state index is 0.280. The first kappa shape index (κ1) is 14.8. The van der Waals surface area contributed by atoms with Crippen molar-refractivity contribution in [2.24, 2.45) is 17.6 Å². The van der Waals surface area contributed by atoms with Gasteiger partial charge < -0.3 is 10.6 Å². The number of hydrogen-bond donors (Lipinski definition) is 1. The minimum Gasteiger partial charge on any atom is -0.342 e. The van der Waals surface area contributed by atoms with Gasteiger partial charge in [0.05, 0.1) is 0 Å². The third kappa shape index (κ3) is 4.20. The molecule has 0 aromatic carbocycles. The Morgan fingerprint density at radius 2 is 1.84 bits per heavy atom. The molecule has 110 valence electrons. The molecule has 1 aliphatic heterocycles. The molecule has 3 nitrogen and oxygen atoms in total. The second kappa shape index (κ2) is 7.28. The van der Waals surface area contributed by atoms with Crippen molar-refractivity contribution < 1.29 is 4.79 Å². The van der Waals surface area contributed by atoms with E-state index in [2.05, 4.69) is 11.8 Å². The average Bonchev–Trinajstić information content (AvgIpc) is 2.91. The summed E-state index contributed by atoms with van der Waals surface area (Å²) >= 11 is 0. The molecule has 19 heavy (non-hydrogen) atoms. The molecule has 1 saturated carbocycles. The van der Waals surface area contributed by atoms with E-state index in [0.29, 0.717) is 11.9 Å². The van der Waals surface area contributed by atoms with Crippen molar-refractivity contribution in [1.82, 2.24) is 4.90 Å². The normalized spacial score (nSPS) is 23.8. The van der Waals surface area contributed by atoms with E-state index in [1.165, 1.54) is 25.7 Å². The first-order chi connectivity index (χ1) is 9.20. The number of likely N-dealkylation sites (tertiary alicyclic amines) is 1. The second-order valence-electron chi connectivity index (χ2n) is 6.53. The third-order valence-electron chi connectivity index (χ3n) is 4.93. The van der Waals surface area contributed by atoms with E-state index in [4.69, 9.17) is 5.73 Å². The summed E-state index contributed by atoms with van der Waals surface area (Å²) in [5.74, 6) is 1.51. The van der Waals surface area contributed by atoms with Gasteiger partial charge in [-0.1, -0.05) is 39.0 Å². The predicted octanol–water partition coefficient (Wildman–Crippen LogP) is 2.93. The van der Waals surface area contributed by atoms with Crippen LogP contribution < -0.4 is 5.73 Å². The molecule has 0 aromatic heterocycles. The summed E-state index contributed by atoms with van der Waals surface area (Å²) in [7, 11) is 0. The summed E-state index contributed by atoms with van der Waals surface area (Å²) in [5, 5.41) is 0. The van der Waals surface area contributed by atoms with Crippen LogP contribution in [0, 0.1) is 11.8 Å². The van der Waals surface area contributed by atoms with Crippen LogP contribution in [0.25, 0.3) is 0 Å². The summed E-state index contributed by atoms with van der Waals surface area (Å²) < 4.78 is 0. The first-order valence-electron chi connectivity index (χ1n) is 8.25. The van der Waals surface area contributed by atoms with Crippen LogP contribution in [0.2, 0.25) is 0 Å². The molecule has 1 aliphatic carbocycles. The van der Waals surface area contributed by atoms with Crippen LogP contribution in [0.1, 0.15) is 64.7 Å². The molecule has 2 N–H and O–H groups in total. The van der Waals surface area contributed by atoms with Gasteiger partial charge in [-0.25, -0.2) is 0 Å². The fourth-order valence-electron chi connectivity index (χ4n) is 3.72. The van der Waals surface area contributed by atoms with E-state index < -0.39 is 0 Å². The predicted molar refractivity (Wildman–Crippen MR) is 78.8 cm³/mol. The molecule has 1 saturated heterocycles. The maximum Gasteiger partial charge on any atom is 0.225 e. The Labute approximate surface area is 117 Å². The van der Waals surface area contributed by atoms with Gasteiger partial charge in [0.25, 0.3) is 0 Å².